The number of nitrogens with one attached hydrogen (secondary N) is 1. The third kappa shape index (κ3) is 4.39. The minimum Gasteiger partial charge on any atom is -0.352 e. The molecule has 5 nitrogen and oxygen atoms in total. The summed E-state index contributed by atoms with van der Waals surface area (Å²) in [5.41, 5.74) is 1.30. The van der Waals surface area contributed by atoms with E-state index in [-0.39, 0.29) is 17.3 Å². The molecular formula is C21H26N2O3S. The predicted octanol–water partition coefficient (Wildman–Crippen LogP) is 3.10. The SMILES string of the molecule is Cc1ccc(S(=O)(=O)N2CCC[C@](C)(C(=O)NCc3ccccc3)C2)cc1. The monoisotopic (exact) mass is 386 g/mol. The van der Waals surface area contributed by atoms with Crippen molar-refractivity contribution in [2.45, 2.75) is 38.1 Å². The van der Waals surface area contributed by atoms with Crippen LogP contribution >= 0.6 is 0 Å². The van der Waals surface area contributed by atoms with Crippen LogP contribution < -0.4 is 5.32 Å². The van der Waals surface area contributed by atoms with Crippen LogP contribution in [0.5, 0.6) is 0 Å². The third-order valence-electron chi connectivity index (χ3n) is 5.16. The van der Waals surface area contributed by atoms with Gasteiger partial charge in [-0.05, 0) is 44.4 Å². The lowest BCUT2D eigenvalue weighted by atomic mass is 9.82. The highest BCUT2D eigenvalue weighted by molar-refractivity contribution is 7.89. The van der Waals surface area contributed by atoms with Gasteiger partial charge < -0.3 is 5.32 Å². The number of sulfonamides is 1. The van der Waals surface area contributed by atoms with Crippen molar-refractivity contribution in [1.29, 1.82) is 0 Å². The van der Waals surface area contributed by atoms with Gasteiger partial charge in [-0.15, -0.1) is 0 Å². The van der Waals surface area contributed by atoms with Gasteiger partial charge in [0.1, 0.15) is 0 Å². The molecule has 1 aliphatic rings. The molecule has 0 spiro atoms. The Morgan fingerprint density at radius 3 is 2.44 bits per heavy atom. The first kappa shape index (κ1) is 19.6. The zero-order valence-corrected chi connectivity index (χ0v) is 16.6. The third-order valence-corrected chi connectivity index (χ3v) is 7.02. The molecule has 144 valence electrons. The molecule has 1 heterocycles. The smallest absolute Gasteiger partial charge is 0.243 e. The normalized spacial score (nSPS) is 21.0. The van der Waals surface area contributed by atoms with Crippen LogP contribution in [0.25, 0.3) is 0 Å². The Morgan fingerprint density at radius 2 is 1.78 bits per heavy atom. The Bertz CT molecular complexity index is 895. The molecule has 2 aromatic rings. The van der Waals surface area contributed by atoms with Crippen molar-refractivity contribution in [3.63, 3.8) is 0 Å². The molecular weight excluding hydrogens is 360 g/mol. The number of piperidine rings is 1. The molecule has 27 heavy (non-hydrogen) atoms. The Hall–Kier alpha value is -2.18. The van der Waals surface area contributed by atoms with E-state index in [0.29, 0.717) is 25.9 Å². The first-order valence-corrected chi connectivity index (χ1v) is 10.6. The van der Waals surface area contributed by atoms with Gasteiger partial charge in [0.25, 0.3) is 0 Å². The standard InChI is InChI=1S/C21H26N2O3S/c1-17-9-11-19(12-10-17)27(25,26)23-14-6-13-21(2,16-23)20(24)22-15-18-7-4-3-5-8-18/h3-5,7-12H,6,13-16H2,1-2H3,(H,22,24)/t21-/m0/s1. The summed E-state index contributed by atoms with van der Waals surface area (Å²) in [6, 6.07) is 16.6. The van der Waals surface area contributed by atoms with Gasteiger partial charge in [0.15, 0.2) is 0 Å². The summed E-state index contributed by atoms with van der Waals surface area (Å²) in [6.07, 6.45) is 1.34. The maximum Gasteiger partial charge on any atom is 0.243 e. The average molecular weight is 387 g/mol. The van der Waals surface area contributed by atoms with Crippen molar-refractivity contribution in [1.82, 2.24) is 9.62 Å². The number of nitrogens with zero attached hydrogens (tertiary/aromatic N) is 1. The van der Waals surface area contributed by atoms with Crippen molar-refractivity contribution < 1.29 is 13.2 Å². The van der Waals surface area contributed by atoms with Gasteiger partial charge in [-0.25, -0.2) is 8.42 Å². The van der Waals surface area contributed by atoms with E-state index in [4.69, 9.17) is 0 Å². The minimum atomic E-state index is -3.60. The summed E-state index contributed by atoms with van der Waals surface area (Å²) in [5, 5.41) is 2.97. The Balaban J connectivity index is 1.72. The van der Waals surface area contributed by atoms with Crippen LogP contribution in [0.1, 0.15) is 30.9 Å². The summed E-state index contributed by atoms with van der Waals surface area (Å²) in [7, 11) is -3.60. The van der Waals surface area contributed by atoms with Crippen molar-refractivity contribution in [2.75, 3.05) is 13.1 Å². The lowest BCUT2D eigenvalue weighted by Crippen LogP contribution is -2.51. The van der Waals surface area contributed by atoms with Crippen molar-refractivity contribution in [3.05, 3.63) is 65.7 Å². The Kier molecular flexibility index (Phi) is 5.67. The number of benzene rings is 2. The molecule has 1 atom stereocenters. The summed E-state index contributed by atoms with van der Waals surface area (Å²) in [6.45, 7) is 4.86. The van der Waals surface area contributed by atoms with Gasteiger partial charge >= 0.3 is 0 Å². The van der Waals surface area contributed by atoms with E-state index < -0.39 is 15.4 Å². The van der Waals surface area contributed by atoms with Gasteiger partial charge in [0.2, 0.25) is 15.9 Å². The van der Waals surface area contributed by atoms with Crippen LogP contribution in [0.15, 0.2) is 59.5 Å². The molecule has 0 radical (unpaired) electrons. The highest BCUT2D eigenvalue weighted by Gasteiger charge is 2.41. The molecule has 1 saturated heterocycles. The van der Waals surface area contributed by atoms with Crippen LogP contribution in [0.3, 0.4) is 0 Å². The van der Waals surface area contributed by atoms with Gasteiger partial charge in [-0.3, -0.25) is 4.79 Å². The molecule has 0 unspecified atom stereocenters. The summed E-state index contributed by atoms with van der Waals surface area (Å²) in [5.74, 6) is -0.102. The first-order chi connectivity index (χ1) is 12.8. The van der Waals surface area contributed by atoms with E-state index in [1.165, 1.54) is 4.31 Å². The largest absolute Gasteiger partial charge is 0.352 e. The fourth-order valence-corrected chi connectivity index (χ4v) is 5.04. The van der Waals surface area contributed by atoms with E-state index in [2.05, 4.69) is 5.32 Å². The second kappa shape index (κ2) is 7.82. The number of carbonyl (C=O) groups excluding carboxylic acids is 1. The fourth-order valence-electron chi connectivity index (χ4n) is 3.43. The van der Waals surface area contributed by atoms with Crippen LogP contribution in [0.4, 0.5) is 0 Å². The number of aryl methyl sites for hydroxylation is 1. The lowest BCUT2D eigenvalue weighted by molar-refractivity contribution is -0.132. The Morgan fingerprint density at radius 1 is 1.11 bits per heavy atom. The van der Waals surface area contributed by atoms with Crippen molar-refractivity contribution in [2.24, 2.45) is 5.41 Å². The van der Waals surface area contributed by atoms with E-state index in [9.17, 15) is 13.2 Å². The number of hydrogen-bond donors (Lipinski definition) is 1. The molecule has 1 amide bonds. The quantitative estimate of drug-likeness (QED) is 0.859. The lowest BCUT2D eigenvalue weighted by Gasteiger charge is -2.38. The molecule has 6 heteroatoms. The van der Waals surface area contributed by atoms with E-state index in [0.717, 1.165) is 11.1 Å². The number of hydrogen-bond acceptors (Lipinski definition) is 3. The molecule has 0 aromatic heterocycles. The molecule has 1 fully saturated rings. The fraction of sp³-hybridized carbons (Fsp3) is 0.381. The van der Waals surface area contributed by atoms with Crippen LogP contribution in [0, 0.1) is 12.3 Å². The molecule has 1 N–H and O–H groups in total. The number of carbonyl (C=O) groups is 1. The van der Waals surface area contributed by atoms with E-state index in [1.807, 2.05) is 44.2 Å². The van der Waals surface area contributed by atoms with Crippen molar-refractivity contribution in [3.8, 4) is 0 Å². The topological polar surface area (TPSA) is 66.5 Å². The molecule has 0 saturated carbocycles. The van der Waals surface area contributed by atoms with E-state index >= 15 is 0 Å². The summed E-state index contributed by atoms with van der Waals surface area (Å²) in [4.78, 5) is 13.1. The van der Waals surface area contributed by atoms with Crippen LogP contribution in [0.2, 0.25) is 0 Å². The maximum absolute atomic E-state index is 13.0. The number of rotatable bonds is 5. The van der Waals surface area contributed by atoms with Gasteiger partial charge in [0, 0.05) is 19.6 Å². The molecule has 2 aromatic carbocycles. The summed E-state index contributed by atoms with van der Waals surface area (Å²) >= 11 is 0. The average Bonchev–Trinajstić information content (AvgIpc) is 2.67. The summed E-state index contributed by atoms with van der Waals surface area (Å²) < 4.78 is 27.4. The van der Waals surface area contributed by atoms with Crippen LogP contribution in [-0.4, -0.2) is 31.7 Å². The van der Waals surface area contributed by atoms with Gasteiger partial charge in [0.05, 0.1) is 10.3 Å². The molecule has 0 aliphatic carbocycles. The van der Waals surface area contributed by atoms with E-state index in [1.54, 1.807) is 24.3 Å². The zero-order valence-electron chi connectivity index (χ0n) is 15.8. The highest BCUT2D eigenvalue weighted by Crippen LogP contribution is 2.33. The number of amides is 1. The predicted molar refractivity (Wildman–Crippen MR) is 106 cm³/mol. The first-order valence-electron chi connectivity index (χ1n) is 9.20. The van der Waals surface area contributed by atoms with Gasteiger partial charge in [-0.1, -0.05) is 48.0 Å². The second-order valence-electron chi connectivity index (χ2n) is 7.48. The highest BCUT2D eigenvalue weighted by atomic mass is 32.2. The zero-order chi connectivity index (χ0) is 19.5. The molecule has 3 rings (SSSR count). The minimum absolute atomic E-state index is 0.102. The van der Waals surface area contributed by atoms with Crippen LogP contribution in [-0.2, 0) is 21.4 Å². The Labute approximate surface area is 161 Å². The second-order valence-corrected chi connectivity index (χ2v) is 9.42. The van der Waals surface area contributed by atoms with Gasteiger partial charge in [-0.2, -0.15) is 4.31 Å². The molecule has 1 aliphatic heterocycles. The maximum atomic E-state index is 13.0. The van der Waals surface area contributed by atoms with Crippen molar-refractivity contribution >= 4 is 15.9 Å². The molecule has 0 bridgehead atoms.